The molecule has 1 N–H and O–H groups in total. The molecule has 0 saturated carbocycles. The number of carbonyl (C=O) groups excluding carboxylic acids is 1. The molecule has 0 spiro atoms. The highest BCUT2D eigenvalue weighted by molar-refractivity contribution is 14.0. The van der Waals surface area contributed by atoms with Crippen molar-refractivity contribution in [2.24, 2.45) is 10.9 Å². The van der Waals surface area contributed by atoms with Crippen molar-refractivity contribution < 1.29 is 9.53 Å². The van der Waals surface area contributed by atoms with Gasteiger partial charge in [-0.15, -0.1) is 24.0 Å². The minimum atomic E-state index is -0.116. The molecule has 7 heteroatoms. The summed E-state index contributed by atoms with van der Waals surface area (Å²) in [5.41, 5.74) is 0. The van der Waals surface area contributed by atoms with Gasteiger partial charge in [0.15, 0.2) is 5.96 Å². The number of aliphatic imine (C=N–C) groups is 1. The Hall–Kier alpha value is -0.180. The van der Waals surface area contributed by atoms with Gasteiger partial charge in [0.2, 0.25) is 0 Å². The second-order valence-electron chi connectivity index (χ2n) is 5.96. The van der Waals surface area contributed by atoms with Gasteiger partial charge < -0.3 is 15.0 Å². The van der Waals surface area contributed by atoms with Crippen LogP contribution in [0, 0.1) is 5.92 Å². The van der Waals surface area contributed by atoms with Crippen LogP contribution >= 0.6 is 35.7 Å². The van der Waals surface area contributed by atoms with Crippen LogP contribution in [0.1, 0.15) is 39.5 Å². The topological polar surface area (TPSA) is 53.9 Å². The maximum absolute atomic E-state index is 11.0. The van der Waals surface area contributed by atoms with E-state index >= 15 is 0 Å². The lowest BCUT2D eigenvalue weighted by atomic mass is 10.1. The normalized spacial score (nSPS) is 18.6. The van der Waals surface area contributed by atoms with Crippen molar-refractivity contribution in [2.45, 2.75) is 44.8 Å². The number of unbranched alkanes of at least 4 members (excludes halogenated alkanes) is 2. The van der Waals surface area contributed by atoms with Gasteiger partial charge in [-0.3, -0.25) is 9.79 Å². The Morgan fingerprint density at radius 2 is 2.13 bits per heavy atom. The SMILES string of the molecule is CN=C(NCCCCCC(=O)OC)N1CCSC(C(C)C)C1.I. The summed E-state index contributed by atoms with van der Waals surface area (Å²) in [5.74, 6) is 2.76. The fourth-order valence-corrected chi connectivity index (χ4v) is 3.78. The van der Waals surface area contributed by atoms with Crippen molar-refractivity contribution in [3.05, 3.63) is 0 Å². The number of thioether (sulfide) groups is 1. The van der Waals surface area contributed by atoms with Crippen molar-refractivity contribution in [1.82, 2.24) is 10.2 Å². The summed E-state index contributed by atoms with van der Waals surface area (Å²) < 4.78 is 4.64. The molecule has 1 fully saturated rings. The van der Waals surface area contributed by atoms with Crippen LogP contribution in [0.4, 0.5) is 0 Å². The molecule has 1 rings (SSSR count). The Balaban J connectivity index is 0.00000484. The lowest BCUT2D eigenvalue weighted by Crippen LogP contribution is -2.49. The summed E-state index contributed by atoms with van der Waals surface area (Å²) in [6, 6.07) is 0. The molecule has 0 aromatic rings. The second kappa shape index (κ2) is 13.1. The molecule has 0 aromatic carbocycles. The minimum absolute atomic E-state index is 0. The molecular formula is C16H32IN3O2S. The van der Waals surface area contributed by atoms with Gasteiger partial charge in [0.05, 0.1) is 7.11 Å². The third kappa shape index (κ3) is 9.02. The van der Waals surface area contributed by atoms with E-state index in [0.29, 0.717) is 17.6 Å². The zero-order valence-corrected chi connectivity index (χ0v) is 18.0. The molecule has 1 saturated heterocycles. The van der Waals surface area contributed by atoms with Gasteiger partial charge in [-0.05, 0) is 18.8 Å². The molecule has 0 aliphatic carbocycles. The largest absolute Gasteiger partial charge is 0.469 e. The highest BCUT2D eigenvalue weighted by Crippen LogP contribution is 2.24. The molecule has 136 valence electrons. The van der Waals surface area contributed by atoms with E-state index in [2.05, 4.69) is 45.6 Å². The molecule has 0 bridgehead atoms. The van der Waals surface area contributed by atoms with Crippen LogP contribution in [0.2, 0.25) is 0 Å². The average molecular weight is 457 g/mol. The quantitative estimate of drug-likeness (QED) is 0.210. The van der Waals surface area contributed by atoms with Crippen molar-refractivity contribution in [1.29, 1.82) is 0 Å². The van der Waals surface area contributed by atoms with Crippen LogP contribution in [-0.2, 0) is 9.53 Å². The van der Waals surface area contributed by atoms with E-state index < -0.39 is 0 Å². The maximum Gasteiger partial charge on any atom is 0.305 e. The number of methoxy groups -OCH3 is 1. The number of nitrogens with zero attached hydrogens (tertiary/aromatic N) is 2. The number of halogens is 1. The van der Waals surface area contributed by atoms with Gasteiger partial charge in [-0.2, -0.15) is 11.8 Å². The fraction of sp³-hybridized carbons (Fsp3) is 0.875. The first-order valence-electron chi connectivity index (χ1n) is 8.22. The molecule has 0 amide bonds. The molecule has 0 radical (unpaired) electrons. The number of hydrogen-bond donors (Lipinski definition) is 1. The zero-order valence-electron chi connectivity index (χ0n) is 14.8. The molecule has 5 nitrogen and oxygen atoms in total. The number of carbonyl (C=O) groups is 1. The van der Waals surface area contributed by atoms with Crippen molar-refractivity contribution >= 4 is 47.7 Å². The summed E-state index contributed by atoms with van der Waals surface area (Å²) in [6.07, 6.45) is 3.49. The number of hydrogen-bond acceptors (Lipinski definition) is 4. The third-order valence-electron chi connectivity index (χ3n) is 3.92. The molecule has 1 unspecified atom stereocenters. The molecule has 1 heterocycles. The van der Waals surface area contributed by atoms with Gasteiger partial charge in [0, 0.05) is 44.1 Å². The fourth-order valence-electron chi connectivity index (χ4n) is 2.48. The van der Waals surface area contributed by atoms with E-state index in [1.54, 1.807) is 0 Å². The van der Waals surface area contributed by atoms with Crippen LogP contribution in [0.25, 0.3) is 0 Å². The number of nitrogens with one attached hydrogen (secondary N) is 1. The van der Waals surface area contributed by atoms with E-state index in [1.165, 1.54) is 12.9 Å². The van der Waals surface area contributed by atoms with Gasteiger partial charge in [-0.25, -0.2) is 0 Å². The molecule has 1 aliphatic heterocycles. The number of rotatable bonds is 7. The lowest BCUT2D eigenvalue weighted by molar-refractivity contribution is -0.140. The van der Waals surface area contributed by atoms with Gasteiger partial charge in [-0.1, -0.05) is 20.3 Å². The summed E-state index contributed by atoms with van der Waals surface area (Å²) in [5, 5.41) is 4.14. The van der Waals surface area contributed by atoms with E-state index in [9.17, 15) is 4.79 Å². The Morgan fingerprint density at radius 1 is 1.39 bits per heavy atom. The van der Waals surface area contributed by atoms with Crippen LogP contribution in [-0.4, -0.2) is 61.6 Å². The maximum atomic E-state index is 11.0. The highest BCUT2D eigenvalue weighted by Gasteiger charge is 2.24. The van der Waals surface area contributed by atoms with E-state index in [1.807, 2.05) is 7.05 Å². The van der Waals surface area contributed by atoms with Gasteiger partial charge in [0.25, 0.3) is 0 Å². The third-order valence-corrected chi connectivity index (χ3v) is 5.46. The molecule has 0 aromatic heterocycles. The average Bonchev–Trinajstić information content (AvgIpc) is 2.54. The highest BCUT2D eigenvalue weighted by atomic mass is 127. The Kier molecular flexibility index (Phi) is 13.0. The Morgan fingerprint density at radius 3 is 2.74 bits per heavy atom. The predicted octanol–water partition coefficient (Wildman–Crippen LogP) is 2.99. The second-order valence-corrected chi connectivity index (χ2v) is 7.31. The minimum Gasteiger partial charge on any atom is -0.469 e. The summed E-state index contributed by atoms with van der Waals surface area (Å²) in [6.45, 7) is 7.63. The standard InChI is InChI=1S/C16H31N3O2S.HI/c1-13(2)14-12-19(10-11-22-14)16(17-3)18-9-7-5-6-8-15(20)21-4;/h13-14H,5-12H2,1-4H3,(H,17,18);1H. The van der Waals surface area contributed by atoms with Crippen molar-refractivity contribution in [3.63, 3.8) is 0 Å². The summed E-state index contributed by atoms with van der Waals surface area (Å²) >= 11 is 2.07. The van der Waals surface area contributed by atoms with Crippen molar-refractivity contribution in [3.8, 4) is 0 Å². The van der Waals surface area contributed by atoms with E-state index in [-0.39, 0.29) is 29.9 Å². The Bertz CT molecular complexity index is 367. The first-order chi connectivity index (χ1) is 10.6. The number of guanidine groups is 1. The lowest BCUT2D eigenvalue weighted by Gasteiger charge is -2.36. The van der Waals surface area contributed by atoms with E-state index in [0.717, 1.165) is 44.9 Å². The molecule has 1 aliphatic rings. The predicted molar refractivity (Wildman–Crippen MR) is 110 cm³/mol. The van der Waals surface area contributed by atoms with Crippen LogP contribution in [0.15, 0.2) is 4.99 Å². The van der Waals surface area contributed by atoms with Crippen LogP contribution < -0.4 is 5.32 Å². The first kappa shape index (κ1) is 22.8. The number of ether oxygens (including phenoxy) is 1. The first-order valence-corrected chi connectivity index (χ1v) is 9.27. The smallest absolute Gasteiger partial charge is 0.305 e. The van der Waals surface area contributed by atoms with Crippen LogP contribution in [0.3, 0.4) is 0 Å². The summed E-state index contributed by atoms with van der Waals surface area (Å²) in [7, 11) is 3.29. The van der Waals surface area contributed by atoms with Gasteiger partial charge >= 0.3 is 5.97 Å². The number of esters is 1. The Labute approximate surface area is 162 Å². The van der Waals surface area contributed by atoms with Crippen LogP contribution in [0.5, 0.6) is 0 Å². The molecule has 1 atom stereocenters. The molecular weight excluding hydrogens is 425 g/mol. The van der Waals surface area contributed by atoms with Gasteiger partial charge in [0.1, 0.15) is 0 Å². The van der Waals surface area contributed by atoms with Crippen molar-refractivity contribution in [2.75, 3.05) is 39.5 Å². The zero-order chi connectivity index (χ0) is 16.4. The molecule has 23 heavy (non-hydrogen) atoms. The summed E-state index contributed by atoms with van der Waals surface area (Å²) in [4.78, 5) is 17.8. The monoisotopic (exact) mass is 457 g/mol. The van der Waals surface area contributed by atoms with E-state index in [4.69, 9.17) is 0 Å².